The van der Waals surface area contributed by atoms with Gasteiger partial charge in [0.1, 0.15) is 36.4 Å². The highest BCUT2D eigenvalue weighted by Gasteiger charge is 2.44. The minimum Gasteiger partial charge on any atom is -0.387 e. The minimum absolute atomic E-state index is 0.156. The largest absolute Gasteiger partial charge is 0.387 e. The third-order valence-electron chi connectivity index (χ3n) is 4.93. The van der Waals surface area contributed by atoms with E-state index in [9.17, 15) is 29.0 Å². The molecule has 1 aromatic carbocycles. The number of carbonyl (C=O) groups is 1. The summed E-state index contributed by atoms with van der Waals surface area (Å²) in [4.78, 5) is 37.4. The number of nitrogens with zero attached hydrogens (tertiary/aromatic N) is 4. The van der Waals surface area contributed by atoms with E-state index in [4.69, 9.17) is 4.74 Å². The minimum atomic E-state index is -1.45. The fourth-order valence-electron chi connectivity index (χ4n) is 3.33. The van der Waals surface area contributed by atoms with Crippen LogP contribution in [0.5, 0.6) is 0 Å². The summed E-state index contributed by atoms with van der Waals surface area (Å²) in [6, 6.07) is 6.87. The van der Waals surface area contributed by atoms with Crippen LogP contribution < -0.4 is 16.6 Å². The summed E-state index contributed by atoms with van der Waals surface area (Å²) in [5.74, 6) is -0.898. The van der Waals surface area contributed by atoms with E-state index in [2.05, 4.69) is 15.6 Å². The van der Waals surface area contributed by atoms with E-state index in [1.54, 1.807) is 6.07 Å². The smallest absolute Gasteiger partial charge is 0.330 e. The Morgan fingerprint density at radius 1 is 1.25 bits per heavy atom. The standard InChI is InChI=1S/C19H19FN6O6/c20-11-3-1-2-10(6-11)12-8-25(24-23-12)9-15(28)21-7-13-16(29)17(30)18(32-13)26-5-4-14(27)22-19(26)31/h1-6,8,13,16-18,29-30H,7,9H2,(H,21,28)(H,22,27,31)/t13-,16-,17-,18-/m1/s1. The van der Waals surface area contributed by atoms with Gasteiger partial charge in [-0.15, -0.1) is 5.10 Å². The molecule has 12 nitrogen and oxygen atoms in total. The van der Waals surface area contributed by atoms with Gasteiger partial charge in [-0.2, -0.15) is 0 Å². The van der Waals surface area contributed by atoms with Crippen LogP contribution in [0.4, 0.5) is 4.39 Å². The molecule has 4 atom stereocenters. The number of aliphatic hydroxyl groups is 2. The Labute approximate surface area is 178 Å². The average Bonchev–Trinajstić information content (AvgIpc) is 3.32. The molecule has 1 amide bonds. The summed E-state index contributed by atoms with van der Waals surface area (Å²) < 4.78 is 21.1. The number of amides is 1. The summed E-state index contributed by atoms with van der Waals surface area (Å²) in [5, 5.41) is 30.7. The molecule has 0 unspecified atom stereocenters. The SMILES string of the molecule is O=C(Cn1cc(-c2cccc(F)c2)nn1)NC[C@H]1O[C@@H](n2ccc(=O)[nH]c2=O)[C@H](O)[C@@H]1O. The molecule has 0 spiro atoms. The van der Waals surface area contributed by atoms with Gasteiger partial charge in [0, 0.05) is 24.4 Å². The topological polar surface area (TPSA) is 164 Å². The van der Waals surface area contributed by atoms with Gasteiger partial charge >= 0.3 is 5.69 Å². The van der Waals surface area contributed by atoms with Gasteiger partial charge in [0.25, 0.3) is 5.56 Å². The fraction of sp³-hybridized carbons (Fsp3) is 0.316. The zero-order valence-electron chi connectivity index (χ0n) is 16.5. The first-order valence-corrected chi connectivity index (χ1v) is 9.57. The van der Waals surface area contributed by atoms with Gasteiger partial charge in [0.05, 0.1) is 6.20 Å². The molecule has 13 heteroatoms. The Morgan fingerprint density at radius 3 is 2.81 bits per heavy atom. The van der Waals surface area contributed by atoms with Gasteiger partial charge in [0.15, 0.2) is 6.23 Å². The molecule has 1 aliphatic heterocycles. The number of ether oxygens (including phenoxy) is 1. The van der Waals surface area contributed by atoms with Crippen LogP contribution in [-0.4, -0.2) is 65.5 Å². The summed E-state index contributed by atoms with van der Waals surface area (Å²) >= 11 is 0. The Kier molecular flexibility index (Phi) is 5.94. The van der Waals surface area contributed by atoms with Crippen molar-refractivity contribution >= 4 is 5.91 Å². The van der Waals surface area contributed by atoms with Crippen molar-refractivity contribution in [3.8, 4) is 11.3 Å². The van der Waals surface area contributed by atoms with Gasteiger partial charge in [-0.25, -0.2) is 13.9 Å². The maximum absolute atomic E-state index is 13.3. The van der Waals surface area contributed by atoms with Gasteiger partial charge in [-0.1, -0.05) is 17.3 Å². The van der Waals surface area contributed by atoms with Crippen molar-refractivity contribution in [2.75, 3.05) is 6.54 Å². The lowest BCUT2D eigenvalue weighted by atomic mass is 10.1. The van der Waals surface area contributed by atoms with Crippen molar-refractivity contribution in [1.82, 2.24) is 29.9 Å². The molecule has 3 aromatic rings. The number of aromatic nitrogens is 5. The number of carbonyl (C=O) groups excluding carboxylic acids is 1. The van der Waals surface area contributed by atoms with Gasteiger partial charge < -0.3 is 20.3 Å². The van der Waals surface area contributed by atoms with Crippen molar-refractivity contribution in [2.24, 2.45) is 0 Å². The lowest BCUT2D eigenvalue weighted by molar-refractivity contribution is -0.123. The lowest BCUT2D eigenvalue weighted by Gasteiger charge is -2.16. The van der Waals surface area contributed by atoms with Crippen LogP contribution >= 0.6 is 0 Å². The average molecular weight is 446 g/mol. The summed E-state index contributed by atoms with van der Waals surface area (Å²) in [6.07, 6.45) is -2.45. The van der Waals surface area contributed by atoms with Crippen molar-refractivity contribution in [2.45, 2.75) is 31.1 Å². The number of nitrogens with one attached hydrogen (secondary N) is 2. The Bertz CT molecular complexity index is 1240. The van der Waals surface area contributed by atoms with E-state index >= 15 is 0 Å². The molecule has 0 aliphatic carbocycles. The highest BCUT2D eigenvalue weighted by atomic mass is 19.1. The molecule has 168 valence electrons. The lowest BCUT2D eigenvalue weighted by Crippen LogP contribution is -2.41. The van der Waals surface area contributed by atoms with Gasteiger partial charge in [-0.3, -0.25) is 19.1 Å². The first kappa shape index (κ1) is 21.5. The zero-order chi connectivity index (χ0) is 22.8. The van der Waals surface area contributed by atoms with Crippen molar-refractivity contribution in [1.29, 1.82) is 0 Å². The van der Waals surface area contributed by atoms with E-state index in [-0.39, 0.29) is 13.1 Å². The highest BCUT2D eigenvalue weighted by Crippen LogP contribution is 2.27. The summed E-state index contributed by atoms with van der Waals surface area (Å²) in [7, 11) is 0. The normalized spacial score (nSPS) is 22.7. The Hall–Kier alpha value is -3.68. The van der Waals surface area contributed by atoms with E-state index in [0.29, 0.717) is 11.3 Å². The third-order valence-corrected chi connectivity index (χ3v) is 4.93. The molecular formula is C19H19FN6O6. The van der Waals surface area contributed by atoms with Crippen LogP contribution in [0.3, 0.4) is 0 Å². The monoisotopic (exact) mass is 446 g/mol. The molecule has 4 rings (SSSR count). The van der Waals surface area contributed by atoms with Crippen LogP contribution in [0.25, 0.3) is 11.3 Å². The second kappa shape index (κ2) is 8.82. The number of hydrogen-bond donors (Lipinski definition) is 4. The number of hydrogen-bond acceptors (Lipinski definition) is 8. The molecule has 0 radical (unpaired) electrons. The zero-order valence-corrected chi connectivity index (χ0v) is 16.5. The number of rotatable bonds is 6. The number of aromatic amines is 1. The van der Waals surface area contributed by atoms with E-state index in [1.807, 2.05) is 4.98 Å². The third kappa shape index (κ3) is 4.49. The fourth-order valence-corrected chi connectivity index (χ4v) is 3.33. The molecule has 32 heavy (non-hydrogen) atoms. The van der Waals surface area contributed by atoms with Crippen LogP contribution in [0.15, 0.2) is 52.3 Å². The number of benzene rings is 1. The molecule has 2 aromatic heterocycles. The van der Waals surface area contributed by atoms with Crippen LogP contribution in [0.2, 0.25) is 0 Å². The summed E-state index contributed by atoms with van der Waals surface area (Å²) in [6.45, 7) is -0.354. The van der Waals surface area contributed by atoms with Gasteiger partial charge in [-0.05, 0) is 12.1 Å². The quantitative estimate of drug-likeness (QED) is 0.350. The first-order chi connectivity index (χ1) is 15.3. The molecule has 1 fully saturated rings. The molecule has 1 saturated heterocycles. The van der Waals surface area contributed by atoms with E-state index < -0.39 is 47.5 Å². The molecule has 1 aliphatic rings. The van der Waals surface area contributed by atoms with E-state index in [0.717, 1.165) is 16.8 Å². The molecule has 4 N–H and O–H groups in total. The van der Waals surface area contributed by atoms with E-state index in [1.165, 1.54) is 29.1 Å². The maximum atomic E-state index is 13.3. The highest BCUT2D eigenvalue weighted by molar-refractivity contribution is 5.75. The molecule has 0 bridgehead atoms. The molecule has 3 heterocycles. The Morgan fingerprint density at radius 2 is 2.06 bits per heavy atom. The predicted molar refractivity (Wildman–Crippen MR) is 106 cm³/mol. The van der Waals surface area contributed by atoms with Gasteiger partial charge in [0.2, 0.25) is 5.91 Å². The molecular weight excluding hydrogens is 427 g/mol. The number of aliphatic hydroxyl groups excluding tert-OH is 2. The Balaban J connectivity index is 1.35. The number of H-pyrrole nitrogens is 1. The van der Waals surface area contributed by atoms with Crippen LogP contribution in [0.1, 0.15) is 6.23 Å². The van der Waals surface area contributed by atoms with Crippen LogP contribution in [0, 0.1) is 5.82 Å². The van der Waals surface area contributed by atoms with Crippen molar-refractivity contribution in [3.63, 3.8) is 0 Å². The predicted octanol–water partition coefficient (Wildman–Crippen LogP) is -1.63. The summed E-state index contributed by atoms with van der Waals surface area (Å²) in [5.41, 5.74) is -0.517. The van der Waals surface area contributed by atoms with Crippen molar-refractivity contribution in [3.05, 3.63) is 69.4 Å². The second-order valence-electron chi connectivity index (χ2n) is 7.18. The first-order valence-electron chi connectivity index (χ1n) is 9.57. The number of halogens is 1. The molecule has 0 saturated carbocycles. The van der Waals surface area contributed by atoms with Crippen molar-refractivity contribution < 1.29 is 24.1 Å². The maximum Gasteiger partial charge on any atom is 0.330 e. The van der Waals surface area contributed by atoms with Crippen LogP contribution in [-0.2, 0) is 16.1 Å². The second-order valence-corrected chi connectivity index (χ2v) is 7.18.